The first kappa shape index (κ1) is 31.6. The molecule has 0 saturated carbocycles. The summed E-state index contributed by atoms with van der Waals surface area (Å²) < 4.78 is 33.6. The van der Waals surface area contributed by atoms with Crippen LogP contribution in [0.2, 0.25) is 0 Å². The number of hydrogen-bond acceptors (Lipinski definition) is 7. The van der Waals surface area contributed by atoms with Gasteiger partial charge < -0.3 is 33.6 Å². The molecule has 3 heterocycles. The lowest BCUT2D eigenvalue weighted by Crippen LogP contribution is -2.36. The van der Waals surface area contributed by atoms with Gasteiger partial charge >= 0.3 is 0 Å². The quantitative estimate of drug-likeness (QED) is 0.279. The molecular weight excluding hydrogens is 603 g/mol. The summed E-state index contributed by atoms with van der Waals surface area (Å²) in [6.07, 6.45) is 7.05. The van der Waals surface area contributed by atoms with Gasteiger partial charge in [0.1, 0.15) is 5.82 Å². The van der Waals surface area contributed by atoms with E-state index in [9.17, 15) is 14.0 Å². The summed E-state index contributed by atoms with van der Waals surface area (Å²) in [5.74, 6) is 0.766. The number of amides is 2. The van der Waals surface area contributed by atoms with Crippen LogP contribution in [0.4, 0.5) is 4.39 Å². The third-order valence-corrected chi connectivity index (χ3v) is 8.33. The van der Waals surface area contributed by atoms with Crippen molar-refractivity contribution in [1.82, 2.24) is 29.3 Å². The number of fused-ring (bicyclic) bond motifs is 5. The number of ether oxygens (including phenoxy) is 3. The number of aromatic amines is 1. The molecule has 1 aliphatic heterocycles. The minimum absolute atomic E-state index is 0.0824. The fourth-order valence-electron chi connectivity index (χ4n) is 5.89. The van der Waals surface area contributed by atoms with Crippen LogP contribution in [0, 0.1) is 5.82 Å². The van der Waals surface area contributed by atoms with Crippen molar-refractivity contribution in [2.75, 3.05) is 47.0 Å². The SMILES string of the molecule is COc1ccc2cc1OCCCN(C(=O)c1ccc3nc[nH]c3c1)CCCCN(C(=O)c1cccc(F)c1OC)CCn1ccnc1-2. The summed E-state index contributed by atoms with van der Waals surface area (Å²) >= 11 is 0. The Morgan fingerprint density at radius 2 is 1.68 bits per heavy atom. The van der Waals surface area contributed by atoms with Crippen molar-refractivity contribution in [1.29, 1.82) is 0 Å². The Morgan fingerprint density at radius 3 is 2.49 bits per heavy atom. The van der Waals surface area contributed by atoms with Gasteiger partial charge in [-0.15, -0.1) is 0 Å². The topological polar surface area (TPSA) is 115 Å². The lowest BCUT2D eigenvalue weighted by Gasteiger charge is -2.26. The summed E-state index contributed by atoms with van der Waals surface area (Å²) in [7, 11) is 2.95. The molecule has 2 bridgehead atoms. The van der Waals surface area contributed by atoms with E-state index in [2.05, 4.69) is 15.0 Å². The molecule has 0 fully saturated rings. The summed E-state index contributed by atoms with van der Waals surface area (Å²) in [4.78, 5) is 43.1. The van der Waals surface area contributed by atoms with Gasteiger partial charge in [0.2, 0.25) is 0 Å². The first-order valence-electron chi connectivity index (χ1n) is 15.6. The number of imidazole rings is 2. The summed E-state index contributed by atoms with van der Waals surface area (Å²) in [6, 6.07) is 15.4. The van der Waals surface area contributed by atoms with Crippen LogP contribution in [0.5, 0.6) is 17.2 Å². The zero-order valence-corrected chi connectivity index (χ0v) is 26.4. The maximum atomic E-state index is 14.6. The number of nitrogens with zero attached hydrogens (tertiary/aromatic N) is 5. The number of rotatable bonds is 4. The van der Waals surface area contributed by atoms with Crippen LogP contribution in [0.1, 0.15) is 40.0 Å². The van der Waals surface area contributed by atoms with E-state index in [0.717, 1.165) is 16.6 Å². The molecule has 0 aliphatic carbocycles. The normalized spacial score (nSPS) is 14.6. The molecule has 5 aromatic rings. The maximum absolute atomic E-state index is 14.6. The van der Waals surface area contributed by atoms with Crippen molar-refractivity contribution in [3.63, 3.8) is 0 Å². The Hall–Kier alpha value is -5.39. The third-order valence-electron chi connectivity index (χ3n) is 8.33. The molecule has 0 unspecified atom stereocenters. The van der Waals surface area contributed by atoms with E-state index in [1.807, 2.05) is 46.0 Å². The number of aromatic nitrogens is 4. The molecule has 0 atom stereocenters. The van der Waals surface area contributed by atoms with Gasteiger partial charge in [-0.1, -0.05) is 6.07 Å². The number of hydrogen-bond donors (Lipinski definition) is 1. The molecule has 3 aromatic carbocycles. The lowest BCUT2D eigenvalue weighted by atomic mass is 10.1. The molecule has 2 aromatic heterocycles. The highest BCUT2D eigenvalue weighted by molar-refractivity contribution is 5.98. The largest absolute Gasteiger partial charge is 0.493 e. The summed E-state index contributed by atoms with van der Waals surface area (Å²) in [6.45, 7) is 2.51. The van der Waals surface area contributed by atoms with E-state index in [4.69, 9.17) is 14.2 Å². The number of carbonyl (C=O) groups is 2. The Balaban J connectivity index is 1.30. The second-order valence-electron chi connectivity index (χ2n) is 11.3. The number of carbonyl (C=O) groups excluding carboxylic acids is 2. The van der Waals surface area contributed by atoms with E-state index < -0.39 is 5.82 Å². The summed E-state index contributed by atoms with van der Waals surface area (Å²) in [5.41, 5.74) is 3.13. The van der Waals surface area contributed by atoms with Crippen molar-refractivity contribution in [3.05, 3.63) is 90.3 Å². The van der Waals surface area contributed by atoms with Crippen LogP contribution in [-0.4, -0.2) is 88.1 Å². The maximum Gasteiger partial charge on any atom is 0.257 e. The molecule has 47 heavy (non-hydrogen) atoms. The van der Waals surface area contributed by atoms with Crippen LogP contribution in [-0.2, 0) is 6.54 Å². The molecule has 1 aliphatic rings. The number of methoxy groups -OCH3 is 2. The number of nitrogens with one attached hydrogen (secondary N) is 1. The monoisotopic (exact) mass is 640 g/mol. The van der Waals surface area contributed by atoms with Crippen LogP contribution >= 0.6 is 0 Å². The van der Waals surface area contributed by atoms with Crippen molar-refractivity contribution in [2.24, 2.45) is 0 Å². The Labute approximate surface area is 271 Å². The molecule has 0 saturated heterocycles. The van der Waals surface area contributed by atoms with E-state index in [0.29, 0.717) is 81.5 Å². The minimum atomic E-state index is -0.597. The van der Waals surface area contributed by atoms with Gasteiger partial charge in [-0.3, -0.25) is 9.59 Å². The fourth-order valence-corrected chi connectivity index (χ4v) is 5.89. The minimum Gasteiger partial charge on any atom is -0.493 e. The predicted molar refractivity (Wildman–Crippen MR) is 174 cm³/mol. The highest BCUT2D eigenvalue weighted by Crippen LogP contribution is 2.32. The fraction of sp³-hybridized carbons (Fsp3) is 0.314. The van der Waals surface area contributed by atoms with Crippen molar-refractivity contribution < 1.29 is 28.2 Å². The van der Waals surface area contributed by atoms with Crippen molar-refractivity contribution >= 4 is 22.8 Å². The van der Waals surface area contributed by atoms with Gasteiger partial charge in [0.15, 0.2) is 23.1 Å². The smallest absolute Gasteiger partial charge is 0.257 e. The van der Waals surface area contributed by atoms with Gasteiger partial charge in [-0.25, -0.2) is 14.4 Å². The number of halogens is 1. The predicted octanol–water partition coefficient (Wildman–Crippen LogP) is 5.43. The van der Waals surface area contributed by atoms with Crippen LogP contribution in [0.3, 0.4) is 0 Å². The van der Waals surface area contributed by atoms with Crippen molar-refractivity contribution in [2.45, 2.75) is 25.8 Å². The Kier molecular flexibility index (Phi) is 9.65. The van der Waals surface area contributed by atoms with Gasteiger partial charge in [-0.2, -0.15) is 0 Å². The molecule has 2 amide bonds. The second kappa shape index (κ2) is 14.4. The molecule has 244 valence electrons. The molecule has 1 N–H and O–H groups in total. The van der Waals surface area contributed by atoms with E-state index in [1.54, 1.807) is 36.7 Å². The zero-order valence-electron chi connectivity index (χ0n) is 26.4. The van der Waals surface area contributed by atoms with Crippen LogP contribution < -0.4 is 14.2 Å². The molecule has 11 nitrogen and oxygen atoms in total. The highest BCUT2D eigenvalue weighted by Gasteiger charge is 2.23. The van der Waals surface area contributed by atoms with E-state index in [-0.39, 0.29) is 23.1 Å². The molecule has 6 rings (SSSR count). The second-order valence-corrected chi connectivity index (χ2v) is 11.3. The number of H-pyrrole nitrogens is 1. The standard InChI is InChI=1S/C35H37FN6O5/c1-45-30-12-10-24-22-31(30)47-20-6-16-41(34(43)25-9-11-28-29(21-25)39-23-38-28)14-3-4-15-42(19-18-40-17-13-37-33(24)40)35(44)26-7-5-8-27(36)32(26)46-2/h5,7-13,17,21-23H,3-4,6,14-16,18-20H2,1-2H3,(H,38,39). The van der Waals surface area contributed by atoms with Crippen molar-refractivity contribution in [3.8, 4) is 28.6 Å². The van der Waals surface area contributed by atoms with Crippen LogP contribution in [0.25, 0.3) is 22.4 Å². The average molecular weight is 641 g/mol. The molecule has 12 heteroatoms. The first-order valence-corrected chi connectivity index (χ1v) is 15.6. The molecular formula is C35H37FN6O5. The van der Waals surface area contributed by atoms with Gasteiger partial charge in [0.05, 0.1) is 43.8 Å². The van der Waals surface area contributed by atoms with Gasteiger partial charge in [-0.05, 0) is 67.8 Å². The molecule has 0 spiro atoms. The van der Waals surface area contributed by atoms with Gasteiger partial charge in [0.25, 0.3) is 11.8 Å². The number of para-hydroxylation sites is 1. The summed E-state index contributed by atoms with van der Waals surface area (Å²) in [5, 5.41) is 0. The Morgan fingerprint density at radius 1 is 0.872 bits per heavy atom. The first-order chi connectivity index (χ1) is 23.0. The molecule has 0 radical (unpaired) electrons. The third kappa shape index (κ3) is 6.91. The highest BCUT2D eigenvalue weighted by atomic mass is 19.1. The van der Waals surface area contributed by atoms with E-state index in [1.165, 1.54) is 19.2 Å². The number of benzene rings is 3. The lowest BCUT2D eigenvalue weighted by molar-refractivity contribution is 0.0712. The van der Waals surface area contributed by atoms with Crippen LogP contribution in [0.15, 0.2) is 73.3 Å². The van der Waals surface area contributed by atoms with E-state index >= 15 is 0 Å². The van der Waals surface area contributed by atoms with Gasteiger partial charge in [0, 0.05) is 56.2 Å². The zero-order chi connectivity index (χ0) is 32.8. The Bertz CT molecular complexity index is 1870. The average Bonchev–Trinajstić information content (AvgIpc) is 3.77.